The zero-order valence-electron chi connectivity index (χ0n) is 16.4. The normalized spacial score (nSPS) is 10.8. The van der Waals surface area contributed by atoms with Crippen molar-refractivity contribution in [1.82, 2.24) is 9.97 Å². The predicted octanol–water partition coefficient (Wildman–Crippen LogP) is 5.96. The van der Waals surface area contributed by atoms with Gasteiger partial charge in [0.25, 0.3) is 0 Å². The van der Waals surface area contributed by atoms with E-state index < -0.39 is 0 Å². The van der Waals surface area contributed by atoms with Gasteiger partial charge in [-0.05, 0) is 30.3 Å². The van der Waals surface area contributed by atoms with Crippen molar-refractivity contribution < 1.29 is 13.9 Å². The number of anilines is 1. The number of fused-ring (bicyclic) bond motifs is 2. The van der Waals surface area contributed by atoms with E-state index in [1.165, 1.54) is 6.08 Å². The van der Waals surface area contributed by atoms with Crippen molar-refractivity contribution >= 4 is 33.6 Å². The van der Waals surface area contributed by atoms with Crippen molar-refractivity contribution in [3.8, 4) is 22.8 Å². The van der Waals surface area contributed by atoms with Crippen LogP contribution in [0, 0.1) is 0 Å². The Labute approximate surface area is 177 Å². The predicted molar refractivity (Wildman–Crippen MR) is 120 cm³/mol. The van der Waals surface area contributed by atoms with Crippen LogP contribution in [0.4, 0.5) is 5.69 Å². The molecule has 0 bridgehead atoms. The summed E-state index contributed by atoms with van der Waals surface area (Å²) in [5.41, 5.74) is 3.42. The van der Waals surface area contributed by atoms with E-state index in [1.807, 2.05) is 54.6 Å². The third kappa shape index (κ3) is 3.62. The Balaban J connectivity index is 1.53. The second-order valence-electron chi connectivity index (χ2n) is 6.84. The molecule has 150 valence electrons. The van der Waals surface area contributed by atoms with Crippen molar-refractivity contribution in [1.29, 1.82) is 0 Å². The number of nitrogens with one attached hydrogen (secondary N) is 1. The van der Waals surface area contributed by atoms with Crippen molar-refractivity contribution in [2.75, 3.05) is 5.32 Å². The van der Waals surface area contributed by atoms with Crippen LogP contribution in [-0.4, -0.2) is 15.9 Å². The summed E-state index contributed by atoms with van der Waals surface area (Å²) in [7, 11) is 0. The number of ether oxygens (including phenoxy) is 1. The lowest BCUT2D eigenvalue weighted by Gasteiger charge is -2.08. The Morgan fingerprint density at radius 1 is 0.968 bits per heavy atom. The van der Waals surface area contributed by atoms with E-state index in [2.05, 4.69) is 21.9 Å². The number of nitrogens with zero attached hydrogens (tertiary/aromatic N) is 2. The molecule has 0 atom stereocenters. The molecule has 0 saturated carbocycles. The fourth-order valence-electron chi connectivity index (χ4n) is 3.36. The van der Waals surface area contributed by atoms with Crippen LogP contribution in [0.1, 0.15) is 0 Å². The lowest BCUT2D eigenvalue weighted by Crippen LogP contribution is -2.06. The Morgan fingerprint density at radius 2 is 1.84 bits per heavy atom. The molecule has 0 spiro atoms. The lowest BCUT2D eigenvalue weighted by atomic mass is 10.1. The largest absolute Gasteiger partial charge is 0.451 e. The molecule has 5 rings (SSSR count). The highest BCUT2D eigenvalue weighted by atomic mass is 16.5. The molecule has 0 aliphatic heterocycles. The van der Waals surface area contributed by atoms with E-state index >= 15 is 0 Å². The fourth-order valence-corrected chi connectivity index (χ4v) is 3.36. The highest BCUT2D eigenvalue weighted by Crippen LogP contribution is 2.36. The summed E-state index contributed by atoms with van der Waals surface area (Å²) in [4.78, 5) is 20.4. The molecule has 5 aromatic rings. The minimum Gasteiger partial charge on any atom is -0.451 e. The minimum absolute atomic E-state index is 0.275. The van der Waals surface area contributed by atoms with Crippen LogP contribution < -0.4 is 10.1 Å². The van der Waals surface area contributed by atoms with Gasteiger partial charge < -0.3 is 14.5 Å². The summed E-state index contributed by atoms with van der Waals surface area (Å²) in [6.45, 7) is 3.47. The van der Waals surface area contributed by atoms with Crippen LogP contribution in [0.5, 0.6) is 11.5 Å². The maximum Gasteiger partial charge on any atom is 0.247 e. The average molecular weight is 407 g/mol. The number of aromatic nitrogens is 2. The molecule has 0 unspecified atom stereocenters. The topological polar surface area (TPSA) is 77.2 Å². The quantitative estimate of drug-likeness (QED) is 0.364. The highest BCUT2D eigenvalue weighted by Gasteiger charge is 2.14. The fraction of sp³-hybridized carbons (Fsp3) is 0. The van der Waals surface area contributed by atoms with Gasteiger partial charge in [-0.15, -0.1) is 0 Å². The summed E-state index contributed by atoms with van der Waals surface area (Å²) in [6.07, 6.45) is 4.64. The maximum absolute atomic E-state index is 11.6. The van der Waals surface area contributed by atoms with E-state index in [4.69, 9.17) is 9.15 Å². The van der Waals surface area contributed by atoms with Gasteiger partial charge in [0.05, 0.1) is 0 Å². The van der Waals surface area contributed by atoms with E-state index in [0.29, 0.717) is 34.0 Å². The van der Waals surface area contributed by atoms with Gasteiger partial charge >= 0.3 is 0 Å². The van der Waals surface area contributed by atoms with Crippen LogP contribution in [0.15, 0.2) is 96.2 Å². The molecule has 6 nitrogen and oxygen atoms in total. The summed E-state index contributed by atoms with van der Waals surface area (Å²) < 4.78 is 12.3. The first-order valence-electron chi connectivity index (χ1n) is 9.65. The van der Waals surface area contributed by atoms with Crippen molar-refractivity contribution in [2.24, 2.45) is 0 Å². The molecule has 2 aromatic carbocycles. The number of carbonyl (C=O) groups is 1. The van der Waals surface area contributed by atoms with Crippen LogP contribution in [0.25, 0.3) is 33.3 Å². The van der Waals surface area contributed by atoms with Crippen molar-refractivity contribution in [3.05, 3.63) is 91.8 Å². The van der Waals surface area contributed by atoms with E-state index in [0.717, 1.165) is 16.5 Å². The summed E-state index contributed by atoms with van der Waals surface area (Å²) in [6, 6.07) is 20.6. The summed E-state index contributed by atoms with van der Waals surface area (Å²) in [5, 5.41) is 3.74. The van der Waals surface area contributed by atoms with Crippen molar-refractivity contribution in [2.45, 2.75) is 0 Å². The first-order valence-corrected chi connectivity index (χ1v) is 9.65. The zero-order valence-corrected chi connectivity index (χ0v) is 16.4. The van der Waals surface area contributed by atoms with Gasteiger partial charge in [0.15, 0.2) is 17.1 Å². The van der Waals surface area contributed by atoms with Gasteiger partial charge in [0, 0.05) is 41.2 Å². The molecule has 3 heterocycles. The Hall–Kier alpha value is -4.45. The molecule has 3 aromatic heterocycles. The lowest BCUT2D eigenvalue weighted by molar-refractivity contribution is -0.111. The first kappa shape index (κ1) is 18.6. The molecule has 31 heavy (non-hydrogen) atoms. The number of carbonyl (C=O) groups excluding carboxylic acids is 1. The van der Waals surface area contributed by atoms with Crippen LogP contribution in [0.2, 0.25) is 0 Å². The second kappa shape index (κ2) is 7.76. The van der Waals surface area contributed by atoms with E-state index in [-0.39, 0.29) is 5.91 Å². The molecular formula is C25H17N3O3. The number of hydrogen-bond acceptors (Lipinski definition) is 5. The molecule has 0 aliphatic carbocycles. The van der Waals surface area contributed by atoms with Gasteiger partial charge in [-0.3, -0.25) is 14.8 Å². The Morgan fingerprint density at radius 3 is 2.74 bits per heavy atom. The van der Waals surface area contributed by atoms with Gasteiger partial charge in [0.2, 0.25) is 5.91 Å². The Bertz CT molecular complexity index is 1430. The molecule has 0 aliphatic rings. The number of pyridine rings is 2. The van der Waals surface area contributed by atoms with Crippen molar-refractivity contribution in [3.63, 3.8) is 0 Å². The molecule has 0 saturated heterocycles. The number of rotatable bonds is 5. The third-order valence-electron chi connectivity index (χ3n) is 4.79. The molecule has 1 amide bonds. The van der Waals surface area contributed by atoms with Crippen LogP contribution >= 0.6 is 0 Å². The first-order chi connectivity index (χ1) is 15.2. The van der Waals surface area contributed by atoms with Crippen LogP contribution in [-0.2, 0) is 4.79 Å². The summed E-state index contributed by atoms with van der Waals surface area (Å²) >= 11 is 0. The monoisotopic (exact) mass is 407 g/mol. The number of hydrogen-bond donors (Lipinski definition) is 1. The average Bonchev–Trinajstić information content (AvgIpc) is 3.25. The molecule has 0 fully saturated rings. The number of benzene rings is 2. The number of furan rings is 1. The van der Waals surface area contributed by atoms with E-state index in [9.17, 15) is 4.79 Å². The number of amides is 1. The van der Waals surface area contributed by atoms with Gasteiger partial charge in [-0.2, -0.15) is 0 Å². The zero-order chi connectivity index (χ0) is 21.2. The minimum atomic E-state index is -0.275. The Kier molecular flexibility index (Phi) is 4.65. The smallest absolute Gasteiger partial charge is 0.247 e. The highest BCUT2D eigenvalue weighted by molar-refractivity contribution is 5.99. The van der Waals surface area contributed by atoms with Gasteiger partial charge in [-0.25, -0.2) is 0 Å². The standard InChI is InChI=1S/C25H17N3O3/c1-2-23(29)28-18-9-3-7-17(14-18)22-15-19-25(31-22)21(11-13-26-19)30-20-10-4-6-16-8-5-12-27-24(16)20/h2-15H,1H2,(H,28,29). The SMILES string of the molecule is C=CC(=O)Nc1cccc(-c2cc3nccc(Oc4cccc5cccnc45)c3o2)c1. The molecular weight excluding hydrogens is 390 g/mol. The number of para-hydroxylation sites is 1. The summed E-state index contributed by atoms with van der Waals surface area (Å²) in [5.74, 6) is 1.52. The molecule has 6 heteroatoms. The molecule has 0 radical (unpaired) electrons. The second-order valence-corrected chi connectivity index (χ2v) is 6.84. The molecule has 1 N–H and O–H groups in total. The van der Waals surface area contributed by atoms with Crippen LogP contribution in [0.3, 0.4) is 0 Å². The van der Waals surface area contributed by atoms with Gasteiger partial charge in [0.1, 0.15) is 16.8 Å². The third-order valence-corrected chi connectivity index (χ3v) is 4.79. The van der Waals surface area contributed by atoms with E-state index in [1.54, 1.807) is 24.5 Å². The maximum atomic E-state index is 11.6. The van der Waals surface area contributed by atoms with Gasteiger partial charge in [-0.1, -0.05) is 36.9 Å².